The highest BCUT2D eigenvalue weighted by atomic mass is 79.9. The molecular weight excluding hydrogens is 304 g/mol. The maximum atomic E-state index is 10.8. The van der Waals surface area contributed by atoms with E-state index in [4.69, 9.17) is 0 Å². The highest BCUT2D eigenvalue weighted by Gasteiger charge is 2.15. The van der Waals surface area contributed by atoms with Crippen LogP contribution >= 0.6 is 27.7 Å². The van der Waals surface area contributed by atoms with Crippen LogP contribution in [0.1, 0.15) is 5.56 Å². The highest BCUT2D eigenvalue weighted by molar-refractivity contribution is 9.10. The van der Waals surface area contributed by atoms with Gasteiger partial charge in [0, 0.05) is 37.2 Å². The molecule has 0 radical (unpaired) electrons. The lowest BCUT2D eigenvalue weighted by Crippen LogP contribution is -2.31. The molecule has 1 aromatic carbocycles. The zero-order valence-electron chi connectivity index (χ0n) is 9.26. The van der Waals surface area contributed by atoms with E-state index < -0.39 is 0 Å². The average molecular weight is 317 g/mol. The molecule has 0 atom stereocenters. The van der Waals surface area contributed by atoms with Gasteiger partial charge < -0.3 is 0 Å². The van der Waals surface area contributed by atoms with Gasteiger partial charge in [0.15, 0.2) is 0 Å². The topological polar surface area (TPSA) is 46.4 Å². The first-order valence-corrected chi connectivity index (χ1v) is 7.34. The number of nitro groups is 1. The Morgan fingerprint density at radius 3 is 2.76 bits per heavy atom. The lowest BCUT2D eigenvalue weighted by atomic mass is 10.2. The van der Waals surface area contributed by atoms with E-state index in [-0.39, 0.29) is 10.6 Å². The van der Waals surface area contributed by atoms with Gasteiger partial charge in [-0.2, -0.15) is 11.8 Å². The van der Waals surface area contributed by atoms with Gasteiger partial charge in [0.1, 0.15) is 0 Å². The molecule has 0 saturated carbocycles. The van der Waals surface area contributed by atoms with Crippen LogP contribution in [0.2, 0.25) is 0 Å². The molecule has 4 nitrogen and oxygen atoms in total. The van der Waals surface area contributed by atoms with Gasteiger partial charge in [-0.05, 0) is 27.6 Å². The number of benzene rings is 1. The molecule has 0 N–H and O–H groups in total. The quantitative estimate of drug-likeness (QED) is 0.635. The van der Waals surface area contributed by atoms with Crippen LogP contribution in [0.15, 0.2) is 22.7 Å². The van der Waals surface area contributed by atoms with Crippen molar-refractivity contribution in [1.82, 2.24) is 4.90 Å². The van der Waals surface area contributed by atoms with Crippen molar-refractivity contribution in [1.29, 1.82) is 0 Å². The summed E-state index contributed by atoms with van der Waals surface area (Å²) < 4.78 is 0.542. The SMILES string of the molecule is O=[N+]([O-])c1cc(CN2CCSCC2)ccc1Br. The van der Waals surface area contributed by atoms with E-state index in [1.807, 2.05) is 17.8 Å². The van der Waals surface area contributed by atoms with E-state index in [0.717, 1.165) is 36.7 Å². The highest BCUT2D eigenvalue weighted by Crippen LogP contribution is 2.26. The van der Waals surface area contributed by atoms with Crippen LogP contribution in [0.3, 0.4) is 0 Å². The van der Waals surface area contributed by atoms with Gasteiger partial charge in [0.25, 0.3) is 5.69 Å². The van der Waals surface area contributed by atoms with Crippen molar-refractivity contribution >= 4 is 33.4 Å². The normalized spacial score (nSPS) is 17.0. The minimum absolute atomic E-state index is 0.147. The van der Waals surface area contributed by atoms with Crippen LogP contribution in [-0.2, 0) is 6.54 Å². The summed E-state index contributed by atoms with van der Waals surface area (Å²) in [6.45, 7) is 2.93. The Labute approximate surface area is 113 Å². The molecule has 1 aliphatic heterocycles. The van der Waals surface area contributed by atoms with Gasteiger partial charge in [0.05, 0.1) is 9.40 Å². The van der Waals surface area contributed by atoms with Gasteiger partial charge in [-0.25, -0.2) is 0 Å². The molecular formula is C11H13BrN2O2S. The third kappa shape index (κ3) is 3.43. The second kappa shape index (κ2) is 5.84. The van der Waals surface area contributed by atoms with Gasteiger partial charge in [-0.1, -0.05) is 6.07 Å². The summed E-state index contributed by atoms with van der Waals surface area (Å²) >= 11 is 5.16. The van der Waals surface area contributed by atoms with E-state index in [1.165, 1.54) is 0 Å². The zero-order valence-corrected chi connectivity index (χ0v) is 11.7. The standard InChI is InChI=1S/C11H13BrN2O2S/c12-10-2-1-9(7-11(10)14(15)16)8-13-3-5-17-6-4-13/h1-2,7H,3-6,8H2. The Bertz CT molecular complexity index is 422. The average Bonchev–Trinajstić information content (AvgIpc) is 2.32. The lowest BCUT2D eigenvalue weighted by molar-refractivity contribution is -0.385. The minimum atomic E-state index is -0.348. The summed E-state index contributed by atoms with van der Waals surface area (Å²) in [5, 5.41) is 10.8. The van der Waals surface area contributed by atoms with Crippen LogP contribution in [0.5, 0.6) is 0 Å². The zero-order chi connectivity index (χ0) is 12.3. The first-order chi connectivity index (χ1) is 8.16. The molecule has 0 bridgehead atoms. The summed E-state index contributed by atoms with van der Waals surface area (Å²) in [5.74, 6) is 2.30. The van der Waals surface area contributed by atoms with Crippen molar-refractivity contribution < 1.29 is 4.92 Å². The first kappa shape index (κ1) is 12.9. The predicted octanol–water partition coefficient (Wildman–Crippen LogP) is 2.91. The van der Waals surface area contributed by atoms with Crippen molar-refractivity contribution in [3.8, 4) is 0 Å². The molecule has 0 unspecified atom stereocenters. The third-order valence-electron chi connectivity index (χ3n) is 2.72. The minimum Gasteiger partial charge on any atom is -0.297 e. The molecule has 1 saturated heterocycles. The fraction of sp³-hybridized carbons (Fsp3) is 0.455. The fourth-order valence-electron chi connectivity index (χ4n) is 1.81. The summed E-state index contributed by atoms with van der Waals surface area (Å²) in [6, 6.07) is 5.36. The van der Waals surface area contributed by atoms with Gasteiger partial charge in [0.2, 0.25) is 0 Å². The number of thioether (sulfide) groups is 1. The predicted molar refractivity (Wildman–Crippen MR) is 73.4 cm³/mol. The van der Waals surface area contributed by atoms with Gasteiger partial charge in [-0.15, -0.1) is 0 Å². The number of rotatable bonds is 3. The number of halogens is 1. The molecule has 92 valence electrons. The smallest absolute Gasteiger partial charge is 0.283 e. The van der Waals surface area contributed by atoms with Crippen molar-refractivity contribution in [3.05, 3.63) is 38.3 Å². The van der Waals surface area contributed by atoms with E-state index in [2.05, 4.69) is 20.8 Å². The lowest BCUT2D eigenvalue weighted by Gasteiger charge is -2.26. The molecule has 0 spiro atoms. The molecule has 0 aromatic heterocycles. The number of nitro benzene ring substituents is 1. The van der Waals surface area contributed by atoms with Crippen LogP contribution in [0, 0.1) is 10.1 Å². The summed E-state index contributed by atoms with van der Waals surface area (Å²) in [6.07, 6.45) is 0. The number of hydrogen-bond acceptors (Lipinski definition) is 4. The second-order valence-corrected chi connectivity index (χ2v) is 6.01. The molecule has 17 heavy (non-hydrogen) atoms. The summed E-state index contributed by atoms with van der Waals surface area (Å²) in [4.78, 5) is 12.8. The fourth-order valence-corrected chi connectivity index (χ4v) is 3.18. The molecule has 2 rings (SSSR count). The van der Waals surface area contributed by atoms with Crippen LogP contribution in [0.4, 0.5) is 5.69 Å². The molecule has 1 heterocycles. The second-order valence-electron chi connectivity index (χ2n) is 3.93. The van der Waals surface area contributed by atoms with Gasteiger partial charge in [-0.3, -0.25) is 15.0 Å². The van der Waals surface area contributed by atoms with Crippen molar-refractivity contribution in [2.24, 2.45) is 0 Å². The largest absolute Gasteiger partial charge is 0.297 e. The van der Waals surface area contributed by atoms with E-state index in [0.29, 0.717) is 4.47 Å². The summed E-state index contributed by atoms with van der Waals surface area (Å²) in [5.41, 5.74) is 1.15. The third-order valence-corrected chi connectivity index (χ3v) is 4.33. The van der Waals surface area contributed by atoms with Crippen molar-refractivity contribution in [3.63, 3.8) is 0 Å². The molecule has 1 fully saturated rings. The summed E-state index contributed by atoms with van der Waals surface area (Å²) in [7, 11) is 0. The Morgan fingerprint density at radius 1 is 1.41 bits per heavy atom. The Balaban J connectivity index is 2.10. The maximum Gasteiger partial charge on any atom is 0.283 e. The van der Waals surface area contributed by atoms with E-state index >= 15 is 0 Å². The van der Waals surface area contributed by atoms with Crippen LogP contribution in [0.25, 0.3) is 0 Å². The van der Waals surface area contributed by atoms with Crippen molar-refractivity contribution in [2.45, 2.75) is 6.54 Å². The molecule has 1 aromatic rings. The molecule has 0 amide bonds. The molecule has 6 heteroatoms. The van der Waals surface area contributed by atoms with E-state index in [9.17, 15) is 10.1 Å². The Morgan fingerprint density at radius 2 is 2.12 bits per heavy atom. The van der Waals surface area contributed by atoms with Crippen LogP contribution < -0.4 is 0 Å². The van der Waals surface area contributed by atoms with Gasteiger partial charge >= 0.3 is 0 Å². The Hall–Kier alpha value is -0.590. The van der Waals surface area contributed by atoms with Crippen LogP contribution in [-0.4, -0.2) is 34.4 Å². The Kier molecular flexibility index (Phi) is 4.42. The maximum absolute atomic E-state index is 10.8. The number of nitrogens with zero attached hydrogens (tertiary/aromatic N) is 2. The first-order valence-electron chi connectivity index (χ1n) is 5.40. The molecule has 1 aliphatic rings. The number of hydrogen-bond donors (Lipinski definition) is 0. The van der Waals surface area contributed by atoms with Crippen molar-refractivity contribution in [2.75, 3.05) is 24.6 Å². The van der Waals surface area contributed by atoms with E-state index in [1.54, 1.807) is 12.1 Å². The molecule has 0 aliphatic carbocycles. The monoisotopic (exact) mass is 316 g/mol.